The first-order chi connectivity index (χ1) is 5.75. The molecule has 0 amide bonds. The topological polar surface area (TPSA) is 49.3 Å². The minimum Gasteiger partial charge on any atom is -0.481 e. The van der Waals surface area contributed by atoms with Gasteiger partial charge in [-0.25, -0.2) is 0 Å². The molecule has 1 aliphatic rings. The minimum absolute atomic E-state index is 0.198. The van der Waals surface area contributed by atoms with Crippen LogP contribution in [0.15, 0.2) is 0 Å². The second-order valence-corrected chi connectivity index (χ2v) is 3.29. The van der Waals surface area contributed by atoms with Gasteiger partial charge in [-0.1, -0.05) is 12.7 Å². The third-order valence-corrected chi connectivity index (χ3v) is 2.44. The molecular formula is C8H14BNO2. The van der Waals surface area contributed by atoms with Gasteiger partial charge in [0.1, 0.15) is 0 Å². The average Bonchev–Trinajstić information content (AvgIpc) is 2.48. The van der Waals surface area contributed by atoms with Crippen LogP contribution in [-0.2, 0) is 4.79 Å². The Labute approximate surface area is 73.9 Å². The van der Waals surface area contributed by atoms with E-state index < -0.39 is 5.97 Å². The van der Waals surface area contributed by atoms with Crippen molar-refractivity contribution in [2.75, 3.05) is 13.1 Å². The molecule has 0 bridgehead atoms. The lowest BCUT2D eigenvalue weighted by Crippen LogP contribution is -2.22. The van der Waals surface area contributed by atoms with Crippen molar-refractivity contribution in [2.24, 2.45) is 11.8 Å². The van der Waals surface area contributed by atoms with Gasteiger partial charge in [-0.2, -0.15) is 0 Å². The molecule has 2 unspecified atom stereocenters. The summed E-state index contributed by atoms with van der Waals surface area (Å²) in [5.41, 5.74) is 0. The van der Waals surface area contributed by atoms with Gasteiger partial charge in [0.2, 0.25) is 0 Å². The predicted molar refractivity (Wildman–Crippen MR) is 47.3 cm³/mol. The highest BCUT2D eigenvalue weighted by molar-refractivity contribution is 6.08. The maximum Gasteiger partial charge on any atom is 0.308 e. The molecule has 0 spiro atoms. The molecule has 66 valence electrons. The quantitative estimate of drug-likeness (QED) is 0.591. The van der Waals surface area contributed by atoms with Crippen molar-refractivity contribution in [3.63, 3.8) is 0 Å². The average molecular weight is 167 g/mol. The van der Waals surface area contributed by atoms with Crippen LogP contribution in [0, 0.1) is 11.8 Å². The standard InChI is InChI=1S/C8H14BNO2/c9-3-1-2-6-4-10-5-7(6)8(11)12/h6-7,10H,1-5H2,(H,11,12). The number of rotatable bonds is 4. The zero-order valence-electron chi connectivity index (χ0n) is 7.12. The molecule has 0 aromatic heterocycles. The van der Waals surface area contributed by atoms with Crippen molar-refractivity contribution in [3.05, 3.63) is 0 Å². The number of hydrogen-bond acceptors (Lipinski definition) is 2. The van der Waals surface area contributed by atoms with E-state index in [1.54, 1.807) is 0 Å². The molecule has 2 N–H and O–H groups in total. The number of nitrogens with one attached hydrogen (secondary N) is 1. The van der Waals surface area contributed by atoms with Gasteiger partial charge in [-0.05, 0) is 18.9 Å². The maximum atomic E-state index is 10.7. The van der Waals surface area contributed by atoms with Crippen LogP contribution in [-0.4, -0.2) is 32.0 Å². The van der Waals surface area contributed by atoms with Gasteiger partial charge in [-0.3, -0.25) is 4.79 Å². The molecule has 3 nitrogen and oxygen atoms in total. The molecule has 1 rings (SSSR count). The van der Waals surface area contributed by atoms with E-state index in [0.717, 1.165) is 19.4 Å². The molecule has 2 radical (unpaired) electrons. The van der Waals surface area contributed by atoms with Crippen LogP contribution in [0.2, 0.25) is 6.32 Å². The third kappa shape index (κ3) is 2.24. The van der Waals surface area contributed by atoms with Crippen LogP contribution in [0.25, 0.3) is 0 Å². The molecule has 1 saturated heterocycles. The lowest BCUT2D eigenvalue weighted by Gasteiger charge is -2.13. The molecule has 12 heavy (non-hydrogen) atoms. The van der Waals surface area contributed by atoms with E-state index in [2.05, 4.69) is 5.32 Å². The predicted octanol–water partition coefficient (Wildman–Crippen LogP) is 0.274. The van der Waals surface area contributed by atoms with Gasteiger partial charge in [0.25, 0.3) is 0 Å². The monoisotopic (exact) mass is 167 g/mol. The fraction of sp³-hybridized carbons (Fsp3) is 0.875. The van der Waals surface area contributed by atoms with Crippen molar-refractivity contribution in [1.29, 1.82) is 0 Å². The normalized spacial score (nSPS) is 29.0. The molecule has 0 saturated carbocycles. The van der Waals surface area contributed by atoms with Gasteiger partial charge < -0.3 is 10.4 Å². The van der Waals surface area contributed by atoms with Gasteiger partial charge >= 0.3 is 5.97 Å². The fourth-order valence-electron chi connectivity index (χ4n) is 1.71. The first kappa shape index (κ1) is 9.58. The summed E-state index contributed by atoms with van der Waals surface area (Å²) >= 11 is 0. The van der Waals surface area contributed by atoms with E-state index in [1.165, 1.54) is 0 Å². The Hall–Kier alpha value is -0.505. The third-order valence-electron chi connectivity index (χ3n) is 2.44. The number of carboxylic acid groups (broad SMARTS) is 1. The van der Waals surface area contributed by atoms with E-state index in [9.17, 15) is 4.79 Å². The Kier molecular flexibility index (Phi) is 3.60. The largest absolute Gasteiger partial charge is 0.481 e. The fourth-order valence-corrected chi connectivity index (χ4v) is 1.71. The van der Waals surface area contributed by atoms with E-state index in [4.69, 9.17) is 13.0 Å². The first-order valence-corrected chi connectivity index (χ1v) is 4.39. The van der Waals surface area contributed by atoms with Crippen LogP contribution in [0.1, 0.15) is 12.8 Å². The molecule has 2 atom stereocenters. The minimum atomic E-state index is -0.679. The number of hydrogen-bond donors (Lipinski definition) is 2. The first-order valence-electron chi connectivity index (χ1n) is 4.39. The Morgan fingerprint density at radius 3 is 2.92 bits per heavy atom. The van der Waals surface area contributed by atoms with Crippen LogP contribution < -0.4 is 5.32 Å². The molecule has 4 heteroatoms. The molecule has 0 aromatic carbocycles. The smallest absolute Gasteiger partial charge is 0.308 e. The van der Waals surface area contributed by atoms with E-state index in [-0.39, 0.29) is 11.8 Å². The van der Waals surface area contributed by atoms with Crippen molar-refractivity contribution >= 4 is 13.8 Å². The second-order valence-electron chi connectivity index (χ2n) is 3.29. The van der Waals surface area contributed by atoms with Crippen molar-refractivity contribution < 1.29 is 9.90 Å². The summed E-state index contributed by atoms with van der Waals surface area (Å²) in [4.78, 5) is 10.7. The van der Waals surface area contributed by atoms with Gasteiger partial charge in [-0.15, -0.1) is 0 Å². The molecule has 1 fully saturated rings. The Bertz CT molecular complexity index is 163. The summed E-state index contributed by atoms with van der Waals surface area (Å²) in [7, 11) is 5.36. The zero-order valence-corrected chi connectivity index (χ0v) is 7.12. The van der Waals surface area contributed by atoms with Crippen molar-refractivity contribution in [3.8, 4) is 0 Å². The molecule has 0 aromatic rings. The SMILES string of the molecule is [B]CCCC1CNCC1C(=O)O. The number of aliphatic carboxylic acids is 1. The van der Waals surface area contributed by atoms with Crippen LogP contribution >= 0.6 is 0 Å². The van der Waals surface area contributed by atoms with Gasteiger partial charge in [0.05, 0.1) is 13.8 Å². The highest BCUT2D eigenvalue weighted by Gasteiger charge is 2.31. The molecular weight excluding hydrogens is 153 g/mol. The number of carbonyl (C=O) groups is 1. The van der Waals surface area contributed by atoms with Crippen LogP contribution in [0.3, 0.4) is 0 Å². The maximum absolute atomic E-state index is 10.7. The summed E-state index contributed by atoms with van der Waals surface area (Å²) in [6.45, 7) is 1.45. The summed E-state index contributed by atoms with van der Waals surface area (Å²) in [6, 6.07) is 0. The summed E-state index contributed by atoms with van der Waals surface area (Å²) in [5.74, 6) is -0.593. The van der Waals surface area contributed by atoms with Crippen LogP contribution in [0.4, 0.5) is 0 Å². The highest BCUT2D eigenvalue weighted by atomic mass is 16.4. The Balaban J connectivity index is 2.35. The Morgan fingerprint density at radius 1 is 1.58 bits per heavy atom. The van der Waals surface area contributed by atoms with E-state index >= 15 is 0 Å². The molecule has 1 aliphatic heterocycles. The van der Waals surface area contributed by atoms with Gasteiger partial charge in [0.15, 0.2) is 0 Å². The summed E-state index contributed by atoms with van der Waals surface area (Å²) in [5, 5.41) is 11.9. The second kappa shape index (κ2) is 4.50. The highest BCUT2D eigenvalue weighted by Crippen LogP contribution is 2.22. The number of carboxylic acids is 1. The van der Waals surface area contributed by atoms with Crippen molar-refractivity contribution in [2.45, 2.75) is 19.2 Å². The lowest BCUT2D eigenvalue weighted by molar-refractivity contribution is -0.142. The molecule has 0 aliphatic carbocycles. The Morgan fingerprint density at radius 2 is 2.33 bits per heavy atom. The lowest BCUT2D eigenvalue weighted by atomic mass is 9.88. The van der Waals surface area contributed by atoms with Crippen LogP contribution in [0.5, 0.6) is 0 Å². The van der Waals surface area contributed by atoms with Crippen molar-refractivity contribution in [1.82, 2.24) is 5.32 Å². The summed E-state index contributed by atoms with van der Waals surface area (Å²) in [6.07, 6.45) is 2.51. The van der Waals surface area contributed by atoms with Gasteiger partial charge in [0, 0.05) is 6.54 Å². The summed E-state index contributed by atoms with van der Waals surface area (Å²) < 4.78 is 0. The molecule has 1 heterocycles. The van der Waals surface area contributed by atoms with E-state index in [1.807, 2.05) is 0 Å². The zero-order chi connectivity index (χ0) is 8.97. The van der Waals surface area contributed by atoms with E-state index in [0.29, 0.717) is 12.9 Å².